The molecular formula is C15H23N3. The van der Waals surface area contributed by atoms with Crippen molar-refractivity contribution in [2.24, 2.45) is 5.92 Å². The number of aromatic amines is 1. The maximum absolute atomic E-state index is 4.05. The Morgan fingerprint density at radius 1 is 1.28 bits per heavy atom. The highest BCUT2D eigenvalue weighted by Crippen LogP contribution is 2.20. The smallest absolute Gasteiger partial charge is 0.0670 e. The van der Waals surface area contributed by atoms with Crippen molar-refractivity contribution in [2.75, 3.05) is 5.32 Å². The van der Waals surface area contributed by atoms with Gasteiger partial charge in [-0.1, -0.05) is 27.2 Å². The lowest BCUT2D eigenvalue weighted by molar-refractivity contribution is 0.462. The highest BCUT2D eigenvalue weighted by Gasteiger charge is 2.10. The van der Waals surface area contributed by atoms with Crippen LogP contribution in [0.25, 0.3) is 10.9 Å². The van der Waals surface area contributed by atoms with Gasteiger partial charge in [0.15, 0.2) is 0 Å². The van der Waals surface area contributed by atoms with E-state index >= 15 is 0 Å². The van der Waals surface area contributed by atoms with E-state index in [9.17, 15) is 0 Å². The third-order valence-corrected chi connectivity index (χ3v) is 3.69. The van der Waals surface area contributed by atoms with Gasteiger partial charge in [-0.2, -0.15) is 5.10 Å². The summed E-state index contributed by atoms with van der Waals surface area (Å²) in [5.74, 6) is 0.776. The molecule has 1 aromatic carbocycles. The van der Waals surface area contributed by atoms with Crippen LogP contribution in [0.2, 0.25) is 0 Å². The molecule has 3 nitrogen and oxygen atoms in total. The number of aromatic nitrogens is 2. The molecule has 2 atom stereocenters. The van der Waals surface area contributed by atoms with E-state index in [0.29, 0.717) is 6.04 Å². The molecule has 0 aliphatic carbocycles. The number of fused-ring (bicyclic) bond motifs is 1. The molecule has 1 aromatic heterocycles. The third-order valence-electron chi connectivity index (χ3n) is 3.69. The maximum atomic E-state index is 4.05. The summed E-state index contributed by atoms with van der Waals surface area (Å²) in [7, 11) is 0. The Kier molecular flexibility index (Phi) is 4.24. The van der Waals surface area contributed by atoms with E-state index in [1.165, 1.54) is 18.5 Å². The van der Waals surface area contributed by atoms with Gasteiger partial charge in [0.05, 0.1) is 11.7 Å². The number of anilines is 1. The Labute approximate surface area is 109 Å². The molecule has 0 aliphatic heterocycles. The summed E-state index contributed by atoms with van der Waals surface area (Å²) in [5, 5.41) is 11.9. The number of hydrogen-bond acceptors (Lipinski definition) is 2. The zero-order valence-corrected chi connectivity index (χ0v) is 11.5. The lowest BCUT2D eigenvalue weighted by Gasteiger charge is -2.21. The van der Waals surface area contributed by atoms with E-state index in [4.69, 9.17) is 0 Å². The van der Waals surface area contributed by atoms with E-state index in [1.54, 1.807) is 0 Å². The fraction of sp³-hybridized carbons (Fsp3) is 0.533. The number of H-pyrrole nitrogens is 1. The molecule has 0 saturated heterocycles. The van der Waals surface area contributed by atoms with E-state index in [2.05, 4.69) is 54.5 Å². The lowest BCUT2D eigenvalue weighted by Crippen LogP contribution is -2.21. The third kappa shape index (κ3) is 3.03. The summed E-state index contributed by atoms with van der Waals surface area (Å²) in [4.78, 5) is 0. The lowest BCUT2D eigenvalue weighted by atomic mass is 9.97. The molecular weight excluding hydrogens is 222 g/mol. The van der Waals surface area contributed by atoms with Gasteiger partial charge < -0.3 is 5.32 Å². The average molecular weight is 245 g/mol. The number of hydrogen-bond donors (Lipinski definition) is 2. The topological polar surface area (TPSA) is 40.7 Å². The standard InChI is InChI=1S/C15H23N3/c1-4-11(3)8-13(5-2)17-14-7-6-12-10-16-18-15(12)9-14/h6-7,9-11,13,17H,4-5,8H2,1-3H3,(H,16,18). The molecule has 2 rings (SSSR count). The highest BCUT2D eigenvalue weighted by molar-refractivity contribution is 5.81. The average Bonchev–Trinajstić information content (AvgIpc) is 2.85. The second-order valence-electron chi connectivity index (χ2n) is 5.17. The minimum absolute atomic E-state index is 0.556. The maximum Gasteiger partial charge on any atom is 0.0670 e. The summed E-state index contributed by atoms with van der Waals surface area (Å²) in [6.45, 7) is 6.82. The van der Waals surface area contributed by atoms with Gasteiger partial charge in [-0.15, -0.1) is 0 Å². The van der Waals surface area contributed by atoms with Crippen molar-refractivity contribution in [3.63, 3.8) is 0 Å². The Bertz CT molecular complexity index is 489. The Balaban J connectivity index is 2.06. The van der Waals surface area contributed by atoms with E-state index in [1.807, 2.05) is 6.20 Å². The van der Waals surface area contributed by atoms with E-state index < -0.39 is 0 Å². The largest absolute Gasteiger partial charge is 0.382 e. The Hall–Kier alpha value is -1.51. The molecule has 3 heteroatoms. The predicted molar refractivity (Wildman–Crippen MR) is 77.9 cm³/mol. The molecule has 0 amide bonds. The Morgan fingerprint density at radius 3 is 2.83 bits per heavy atom. The van der Waals surface area contributed by atoms with Crippen molar-refractivity contribution in [3.8, 4) is 0 Å². The summed E-state index contributed by atoms with van der Waals surface area (Å²) >= 11 is 0. The quantitative estimate of drug-likeness (QED) is 0.801. The molecule has 0 radical (unpaired) electrons. The molecule has 0 fully saturated rings. The molecule has 0 saturated carbocycles. The van der Waals surface area contributed by atoms with E-state index in [0.717, 1.165) is 23.2 Å². The van der Waals surface area contributed by atoms with Crippen LogP contribution in [0.5, 0.6) is 0 Å². The van der Waals surface area contributed by atoms with Crippen LogP contribution in [0, 0.1) is 5.92 Å². The van der Waals surface area contributed by atoms with Crippen molar-refractivity contribution < 1.29 is 0 Å². The number of benzene rings is 1. The van der Waals surface area contributed by atoms with Crippen molar-refractivity contribution in [1.29, 1.82) is 0 Å². The fourth-order valence-electron chi connectivity index (χ4n) is 2.24. The first-order chi connectivity index (χ1) is 8.72. The minimum Gasteiger partial charge on any atom is -0.382 e. The second-order valence-corrected chi connectivity index (χ2v) is 5.17. The van der Waals surface area contributed by atoms with Crippen LogP contribution < -0.4 is 5.32 Å². The SMILES string of the molecule is CCC(C)CC(CC)Nc1ccc2cn[nH]c2c1. The van der Waals surface area contributed by atoms with Gasteiger partial charge in [0.25, 0.3) is 0 Å². The molecule has 0 aliphatic rings. The van der Waals surface area contributed by atoms with Crippen LogP contribution in [-0.2, 0) is 0 Å². The Morgan fingerprint density at radius 2 is 2.11 bits per heavy atom. The monoisotopic (exact) mass is 245 g/mol. The summed E-state index contributed by atoms with van der Waals surface area (Å²) < 4.78 is 0. The second kappa shape index (κ2) is 5.89. The van der Waals surface area contributed by atoms with Crippen LogP contribution in [-0.4, -0.2) is 16.2 Å². The molecule has 2 N–H and O–H groups in total. The van der Waals surface area contributed by atoms with E-state index in [-0.39, 0.29) is 0 Å². The molecule has 0 bridgehead atoms. The molecule has 0 spiro atoms. The predicted octanol–water partition coefficient (Wildman–Crippen LogP) is 4.19. The van der Waals surface area contributed by atoms with Gasteiger partial charge in [0.2, 0.25) is 0 Å². The normalized spacial score (nSPS) is 14.6. The van der Waals surface area contributed by atoms with Crippen LogP contribution in [0.3, 0.4) is 0 Å². The van der Waals surface area contributed by atoms with Gasteiger partial charge in [-0.3, -0.25) is 5.10 Å². The zero-order valence-electron chi connectivity index (χ0n) is 11.5. The van der Waals surface area contributed by atoms with Gasteiger partial charge in [0.1, 0.15) is 0 Å². The summed E-state index contributed by atoms with van der Waals surface area (Å²) in [6.07, 6.45) is 5.49. The van der Waals surface area contributed by atoms with Gasteiger partial charge in [-0.25, -0.2) is 0 Å². The van der Waals surface area contributed by atoms with Gasteiger partial charge in [0, 0.05) is 17.1 Å². The van der Waals surface area contributed by atoms with Crippen molar-refractivity contribution in [2.45, 2.75) is 46.1 Å². The molecule has 2 aromatic rings. The van der Waals surface area contributed by atoms with Gasteiger partial charge >= 0.3 is 0 Å². The van der Waals surface area contributed by atoms with Crippen LogP contribution in [0.4, 0.5) is 5.69 Å². The van der Waals surface area contributed by atoms with Crippen molar-refractivity contribution >= 4 is 16.6 Å². The first kappa shape index (κ1) is 12.9. The highest BCUT2D eigenvalue weighted by atomic mass is 15.1. The fourth-order valence-corrected chi connectivity index (χ4v) is 2.24. The van der Waals surface area contributed by atoms with Gasteiger partial charge in [-0.05, 0) is 37.0 Å². The summed E-state index contributed by atoms with van der Waals surface area (Å²) in [6, 6.07) is 6.94. The molecule has 2 unspecified atom stereocenters. The minimum atomic E-state index is 0.556. The number of nitrogens with zero attached hydrogens (tertiary/aromatic N) is 1. The van der Waals surface area contributed by atoms with Crippen molar-refractivity contribution in [1.82, 2.24) is 10.2 Å². The van der Waals surface area contributed by atoms with Crippen LogP contribution >= 0.6 is 0 Å². The number of nitrogens with one attached hydrogen (secondary N) is 2. The first-order valence-electron chi connectivity index (χ1n) is 6.92. The molecule has 1 heterocycles. The summed E-state index contributed by atoms with van der Waals surface area (Å²) in [5.41, 5.74) is 2.28. The zero-order chi connectivity index (χ0) is 13.0. The molecule has 18 heavy (non-hydrogen) atoms. The number of rotatable bonds is 6. The van der Waals surface area contributed by atoms with Crippen LogP contribution in [0.15, 0.2) is 24.4 Å². The first-order valence-corrected chi connectivity index (χ1v) is 6.92. The van der Waals surface area contributed by atoms with Crippen molar-refractivity contribution in [3.05, 3.63) is 24.4 Å². The van der Waals surface area contributed by atoms with Crippen LogP contribution in [0.1, 0.15) is 40.0 Å². The molecule has 98 valence electrons.